The molecule has 1 aliphatic carbocycles. The second-order valence-corrected chi connectivity index (χ2v) is 12.0. The molecule has 0 saturated heterocycles. The van der Waals surface area contributed by atoms with Gasteiger partial charge in [-0.1, -0.05) is 75.9 Å². The van der Waals surface area contributed by atoms with E-state index in [-0.39, 0.29) is 12.4 Å². The zero-order chi connectivity index (χ0) is 27.1. The smallest absolute Gasteiger partial charge is 0.132 e. The van der Waals surface area contributed by atoms with Crippen LogP contribution in [-0.4, -0.2) is 16.8 Å². The van der Waals surface area contributed by atoms with Gasteiger partial charge in [0.15, 0.2) is 0 Å². The van der Waals surface area contributed by atoms with Crippen LogP contribution in [0.15, 0.2) is 48.5 Å². The zero-order valence-electron chi connectivity index (χ0n) is 22.9. The number of aromatic hydroxyl groups is 1. The van der Waals surface area contributed by atoms with Gasteiger partial charge in [0.1, 0.15) is 11.6 Å². The SMILES string of the molecule is CCCCCC1CCC(c2ccc(-c3ccc(-c4cc(CCCO)c(O)c(I)c4CC)cc3)c(F)c2)CC1. The summed E-state index contributed by atoms with van der Waals surface area (Å²) in [5.41, 5.74) is 6.79. The Bertz CT molecular complexity index is 1200. The molecule has 0 aromatic heterocycles. The van der Waals surface area contributed by atoms with E-state index in [0.717, 1.165) is 49.3 Å². The van der Waals surface area contributed by atoms with E-state index in [1.165, 1.54) is 51.4 Å². The Morgan fingerprint density at radius 2 is 1.55 bits per heavy atom. The highest BCUT2D eigenvalue weighted by Crippen LogP contribution is 2.40. The maximum atomic E-state index is 15.3. The fraction of sp³-hybridized carbons (Fsp3) is 0.471. The lowest BCUT2D eigenvalue weighted by atomic mass is 9.77. The topological polar surface area (TPSA) is 40.5 Å². The minimum atomic E-state index is -0.139. The number of phenols is 1. The van der Waals surface area contributed by atoms with Gasteiger partial charge in [0, 0.05) is 12.2 Å². The van der Waals surface area contributed by atoms with E-state index in [0.29, 0.717) is 30.1 Å². The van der Waals surface area contributed by atoms with Crippen molar-refractivity contribution in [2.45, 2.75) is 90.4 Å². The molecule has 1 saturated carbocycles. The standard InChI is InChI=1S/C34H42FIO2/c1-3-5-6-8-23-10-12-24(13-11-23)27-18-19-30(32(35)22-27)25-14-16-26(17-15-25)31-21-28(9-7-20-37)34(38)33(36)29(31)4-2/h14-19,21-24,37-38H,3-13,20H2,1-2H3. The molecule has 3 aromatic rings. The van der Waals surface area contributed by atoms with Gasteiger partial charge in [-0.05, 0) is 125 Å². The molecule has 0 spiro atoms. The maximum Gasteiger partial charge on any atom is 0.132 e. The van der Waals surface area contributed by atoms with Gasteiger partial charge in [-0.3, -0.25) is 0 Å². The molecule has 2 N–H and O–H groups in total. The normalized spacial score (nSPS) is 17.6. The number of hydrogen-bond acceptors (Lipinski definition) is 2. The van der Waals surface area contributed by atoms with Crippen molar-refractivity contribution in [1.82, 2.24) is 0 Å². The highest BCUT2D eigenvalue weighted by atomic mass is 127. The molecule has 3 aromatic carbocycles. The van der Waals surface area contributed by atoms with Crippen molar-refractivity contribution in [1.29, 1.82) is 0 Å². The Morgan fingerprint density at radius 1 is 0.868 bits per heavy atom. The third-order valence-electron chi connectivity index (χ3n) is 8.41. The second kappa shape index (κ2) is 13.9. The van der Waals surface area contributed by atoms with E-state index >= 15 is 4.39 Å². The number of benzene rings is 3. The molecule has 1 aliphatic rings. The van der Waals surface area contributed by atoms with E-state index in [1.54, 1.807) is 6.07 Å². The Kier molecular flexibility index (Phi) is 10.7. The molecule has 2 nitrogen and oxygen atoms in total. The predicted molar refractivity (Wildman–Crippen MR) is 165 cm³/mol. The first kappa shape index (κ1) is 29.1. The van der Waals surface area contributed by atoms with Crippen LogP contribution in [0.25, 0.3) is 22.3 Å². The number of aryl methyl sites for hydroxylation is 1. The Balaban J connectivity index is 1.50. The van der Waals surface area contributed by atoms with Crippen molar-refractivity contribution < 1.29 is 14.6 Å². The molecule has 0 radical (unpaired) electrons. The lowest BCUT2D eigenvalue weighted by molar-refractivity contribution is 0.288. The van der Waals surface area contributed by atoms with Crippen LogP contribution < -0.4 is 0 Å². The fourth-order valence-corrected chi connectivity index (χ4v) is 7.13. The molecule has 4 heteroatoms. The number of rotatable bonds is 11. The van der Waals surface area contributed by atoms with Gasteiger partial charge in [0.25, 0.3) is 0 Å². The van der Waals surface area contributed by atoms with E-state index in [2.05, 4.69) is 60.7 Å². The van der Waals surface area contributed by atoms with E-state index in [1.807, 2.05) is 18.2 Å². The average molecular weight is 629 g/mol. The van der Waals surface area contributed by atoms with Crippen LogP contribution in [0.1, 0.15) is 94.2 Å². The second-order valence-electron chi connectivity index (χ2n) is 10.9. The van der Waals surface area contributed by atoms with Crippen LogP contribution in [0.3, 0.4) is 0 Å². The molecule has 38 heavy (non-hydrogen) atoms. The Morgan fingerprint density at radius 3 is 2.16 bits per heavy atom. The molecular formula is C34H42FIO2. The monoisotopic (exact) mass is 628 g/mol. The summed E-state index contributed by atoms with van der Waals surface area (Å²) in [4.78, 5) is 0. The summed E-state index contributed by atoms with van der Waals surface area (Å²) in [6.07, 6.45) is 12.3. The molecule has 4 rings (SSSR count). The minimum Gasteiger partial charge on any atom is -0.507 e. The summed E-state index contributed by atoms with van der Waals surface area (Å²) < 4.78 is 16.2. The van der Waals surface area contributed by atoms with Gasteiger partial charge < -0.3 is 10.2 Å². The summed E-state index contributed by atoms with van der Waals surface area (Å²) in [5.74, 6) is 1.52. The number of aliphatic hydroxyl groups excluding tert-OH is 1. The van der Waals surface area contributed by atoms with Crippen LogP contribution in [0.5, 0.6) is 5.75 Å². The van der Waals surface area contributed by atoms with Gasteiger partial charge >= 0.3 is 0 Å². The zero-order valence-corrected chi connectivity index (χ0v) is 25.1. The third-order valence-corrected chi connectivity index (χ3v) is 9.57. The van der Waals surface area contributed by atoms with Crippen molar-refractivity contribution in [2.75, 3.05) is 6.61 Å². The van der Waals surface area contributed by atoms with E-state index < -0.39 is 0 Å². The van der Waals surface area contributed by atoms with Crippen molar-refractivity contribution in [3.63, 3.8) is 0 Å². The van der Waals surface area contributed by atoms with Crippen LogP contribution in [0, 0.1) is 15.3 Å². The number of halogens is 2. The van der Waals surface area contributed by atoms with Gasteiger partial charge in [-0.15, -0.1) is 0 Å². The molecule has 0 heterocycles. The number of aliphatic hydroxyl groups is 1. The summed E-state index contributed by atoms with van der Waals surface area (Å²) in [7, 11) is 0. The van der Waals surface area contributed by atoms with Crippen LogP contribution >= 0.6 is 22.6 Å². The van der Waals surface area contributed by atoms with Crippen molar-refractivity contribution in [3.05, 3.63) is 74.6 Å². The first-order valence-electron chi connectivity index (χ1n) is 14.5. The highest BCUT2D eigenvalue weighted by Gasteiger charge is 2.23. The number of phenolic OH excluding ortho intramolecular Hbond substituents is 1. The summed E-state index contributed by atoms with van der Waals surface area (Å²) >= 11 is 2.22. The van der Waals surface area contributed by atoms with Crippen molar-refractivity contribution in [2.24, 2.45) is 5.92 Å². The Labute approximate surface area is 241 Å². The third kappa shape index (κ3) is 6.80. The average Bonchev–Trinajstić information content (AvgIpc) is 2.94. The molecule has 1 fully saturated rings. The molecule has 204 valence electrons. The van der Waals surface area contributed by atoms with Crippen LogP contribution in [0.4, 0.5) is 4.39 Å². The molecule has 0 amide bonds. The summed E-state index contributed by atoms with van der Waals surface area (Å²) in [6.45, 7) is 4.46. The first-order chi connectivity index (χ1) is 18.5. The fourth-order valence-electron chi connectivity index (χ4n) is 6.11. The summed E-state index contributed by atoms with van der Waals surface area (Å²) in [5, 5.41) is 19.9. The lowest BCUT2D eigenvalue weighted by Crippen LogP contribution is -2.13. The molecule has 0 aliphatic heterocycles. The molecular weight excluding hydrogens is 586 g/mol. The van der Waals surface area contributed by atoms with Gasteiger partial charge in [0.05, 0.1) is 3.57 Å². The lowest BCUT2D eigenvalue weighted by Gasteiger charge is -2.29. The van der Waals surface area contributed by atoms with E-state index in [4.69, 9.17) is 0 Å². The van der Waals surface area contributed by atoms with Gasteiger partial charge in [-0.2, -0.15) is 0 Å². The van der Waals surface area contributed by atoms with Gasteiger partial charge in [-0.25, -0.2) is 4.39 Å². The van der Waals surface area contributed by atoms with Crippen LogP contribution in [0.2, 0.25) is 0 Å². The largest absolute Gasteiger partial charge is 0.507 e. The van der Waals surface area contributed by atoms with E-state index in [9.17, 15) is 10.2 Å². The molecule has 0 unspecified atom stereocenters. The van der Waals surface area contributed by atoms with Gasteiger partial charge in [0.2, 0.25) is 0 Å². The number of hydrogen-bond donors (Lipinski definition) is 2. The predicted octanol–water partition coefficient (Wildman–Crippen LogP) is 9.81. The molecule has 0 atom stereocenters. The molecule has 0 bridgehead atoms. The highest BCUT2D eigenvalue weighted by molar-refractivity contribution is 14.1. The Hall–Kier alpha value is -1.92. The maximum absolute atomic E-state index is 15.3. The van der Waals surface area contributed by atoms with Crippen molar-refractivity contribution in [3.8, 4) is 28.0 Å². The minimum absolute atomic E-state index is 0.0975. The first-order valence-corrected chi connectivity index (χ1v) is 15.6. The van der Waals surface area contributed by atoms with Crippen LogP contribution in [-0.2, 0) is 12.8 Å². The van der Waals surface area contributed by atoms with Crippen molar-refractivity contribution >= 4 is 22.6 Å². The quantitative estimate of drug-likeness (QED) is 0.164. The summed E-state index contributed by atoms with van der Waals surface area (Å²) in [6, 6.07) is 16.0. The number of unbranched alkanes of at least 4 members (excludes halogenated alkanes) is 2.